The number of benzene rings is 1. The summed E-state index contributed by atoms with van der Waals surface area (Å²) in [6.45, 7) is 5.51. The summed E-state index contributed by atoms with van der Waals surface area (Å²) < 4.78 is 1.61. The quantitative estimate of drug-likeness (QED) is 0.554. The summed E-state index contributed by atoms with van der Waals surface area (Å²) in [6, 6.07) is 5.04. The first kappa shape index (κ1) is 21.6. The lowest BCUT2D eigenvalue weighted by atomic mass is 9.97. The van der Waals surface area contributed by atoms with Gasteiger partial charge in [0.25, 0.3) is 5.56 Å². The van der Waals surface area contributed by atoms with Crippen molar-refractivity contribution < 1.29 is 9.59 Å². The van der Waals surface area contributed by atoms with E-state index in [0.29, 0.717) is 40.7 Å². The summed E-state index contributed by atoms with van der Waals surface area (Å²) in [7, 11) is 0. The van der Waals surface area contributed by atoms with E-state index in [2.05, 4.69) is 4.98 Å². The Hall–Kier alpha value is -2.06. The topological polar surface area (TPSA) is 98.3 Å². The van der Waals surface area contributed by atoms with Crippen molar-refractivity contribution in [3.8, 4) is 0 Å². The summed E-state index contributed by atoms with van der Waals surface area (Å²) in [5.74, 6) is -0.354. The minimum absolute atomic E-state index is 0.0810. The van der Waals surface area contributed by atoms with E-state index in [1.54, 1.807) is 27.7 Å². The van der Waals surface area contributed by atoms with Gasteiger partial charge in [-0.05, 0) is 37.0 Å². The molecule has 156 valence electrons. The number of primary amides is 1. The fraction of sp³-hybridized carbons (Fsp3) is 0.500. The van der Waals surface area contributed by atoms with E-state index >= 15 is 0 Å². The van der Waals surface area contributed by atoms with Crippen molar-refractivity contribution in [1.29, 1.82) is 0 Å². The van der Waals surface area contributed by atoms with Crippen LogP contribution in [0.15, 0.2) is 28.2 Å². The third kappa shape index (κ3) is 5.11. The van der Waals surface area contributed by atoms with Gasteiger partial charge in [-0.1, -0.05) is 37.2 Å². The van der Waals surface area contributed by atoms with Crippen LogP contribution in [0.2, 0.25) is 5.02 Å². The van der Waals surface area contributed by atoms with Crippen molar-refractivity contribution in [1.82, 2.24) is 14.5 Å². The van der Waals surface area contributed by atoms with Crippen LogP contribution in [-0.2, 0) is 16.1 Å². The molecule has 9 heteroatoms. The van der Waals surface area contributed by atoms with Crippen molar-refractivity contribution in [2.75, 3.05) is 18.8 Å². The number of piperidine rings is 1. The standard InChI is InChI=1S/C20H25ClN4O3S/c1-12(2)9-25-19(28)15-8-14(21)5-6-16(15)23-20(25)29-11-17(26)24-7-3-4-13(10-24)18(22)27/h5-6,8,12-13H,3-4,7,9-11H2,1-2H3,(H2,22,27). The predicted octanol–water partition coefficient (Wildman–Crippen LogP) is 2.52. The second kappa shape index (κ2) is 9.17. The van der Waals surface area contributed by atoms with Gasteiger partial charge in [-0.3, -0.25) is 19.0 Å². The average molecular weight is 437 g/mol. The molecule has 1 aliphatic rings. The molecule has 2 amide bonds. The summed E-state index contributed by atoms with van der Waals surface area (Å²) in [4.78, 5) is 43.4. The highest BCUT2D eigenvalue weighted by molar-refractivity contribution is 7.99. The number of carbonyl (C=O) groups excluding carboxylic acids is 2. The van der Waals surface area contributed by atoms with Crippen molar-refractivity contribution in [3.05, 3.63) is 33.6 Å². The molecular formula is C20H25ClN4O3S. The largest absolute Gasteiger partial charge is 0.369 e. The third-order valence-electron chi connectivity index (χ3n) is 4.93. The molecule has 3 rings (SSSR count). The fourth-order valence-corrected chi connectivity index (χ4v) is 4.55. The van der Waals surface area contributed by atoms with Gasteiger partial charge in [0.2, 0.25) is 11.8 Å². The first-order valence-corrected chi connectivity index (χ1v) is 11.0. The lowest BCUT2D eigenvalue weighted by molar-refractivity contribution is -0.132. The summed E-state index contributed by atoms with van der Waals surface area (Å²) in [6.07, 6.45) is 1.48. The lowest BCUT2D eigenvalue weighted by Crippen LogP contribution is -2.44. The second-order valence-electron chi connectivity index (χ2n) is 7.74. The van der Waals surface area contributed by atoms with Crippen LogP contribution in [0.1, 0.15) is 26.7 Å². The maximum Gasteiger partial charge on any atom is 0.262 e. The highest BCUT2D eigenvalue weighted by Crippen LogP contribution is 2.23. The Morgan fingerprint density at radius 3 is 2.83 bits per heavy atom. The fourth-order valence-electron chi connectivity index (χ4n) is 3.46. The maximum absolute atomic E-state index is 13.0. The number of likely N-dealkylation sites (tertiary alicyclic amines) is 1. The van der Waals surface area contributed by atoms with Crippen LogP contribution in [0.5, 0.6) is 0 Å². The first-order chi connectivity index (χ1) is 13.8. The summed E-state index contributed by atoms with van der Waals surface area (Å²) in [5.41, 5.74) is 5.80. The van der Waals surface area contributed by atoms with Gasteiger partial charge in [0, 0.05) is 24.7 Å². The third-order valence-corrected chi connectivity index (χ3v) is 6.13. The zero-order valence-electron chi connectivity index (χ0n) is 16.6. The van der Waals surface area contributed by atoms with Gasteiger partial charge in [-0.25, -0.2) is 4.98 Å². The molecule has 7 nitrogen and oxygen atoms in total. The molecule has 2 heterocycles. The maximum atomic E-state index is 13.0. The van der Waals surface area contributed by atoms with Gasteiger partial charge in [-0.2, -0.15) is 0 Å². The molecule has 1 atom stereocenters. The van der Waals surface area contributed by atoms with Crippen LogP contribution < -0.4 is 11.3 Å². The van der Waals surface area contributed by atoms with Gasteiger partial charge in [0.05, 0.1) is 22.6 Å². The van der Waals surface area contributed by atoms with E-state index in [1.165, 1.54) is 11.8 Å². The monoisotopic (exact) mass is 436 g/mol. The van der Waals surface area contributed by atoms with Gasteiger partial charge in [-0.15, -0.1) is 0 Å². The molecule has 0 bridgehead atoms. The van der Waals surface area contributed by atoms with Crippen LogP contribution in [0.25, 0.3) is 10.9 Å². The Morgan fingerprint density at radius 2 is 2.14 bits per heavy atom. The highest BCUT2D eigenvalue weighted by Gasteiger charge is 2.27. The Morgan fingerprint density at radius 1 is 1.38 bits per heavy atom. The van der Waals surface area contributed by atoms with Gasteiger partial charge in [0.1, 0.15) is 0 Å². The van der Waals surface area contributed by atoms with E-state index < -0.39 is 0 Å². The smallest absolute Gasteiger partial charge is 0.262 e. The Bertz CT molecular complexity index is 992. The molecule has 1 aromatic carbocycles. The molecule has 1 aromatic heterocycles. The number of amides is 2. The SMILES string of the molecule is CC(C)Cn1c(SCC(=O)N2CCCC(C(N)=O)C2)nc2ccc(Cl)cc2c1=O. The first-order valence-electron chi connectivity index (χ1n) is 9.66. The number of fused-ring (bicyclic) bond motifs is 1. The zero-order valence-corrected chi connectivity index (χ0v) is 18.1. The van der Waals surface area contributed by atoms with Crippen molar-refractivity contribution in [2.24, 2.45) is 17.6 Å². The molecule has 0 aliphatic carbocycles. The van der Waals surface area contributed by atoms with E-state index in [0.717, 1.165) is 12.8 Å². The summed E-state index contributed by atoms with van der Waals surface area (Å²) in [5, 5.41) is 1.46. The van der Waals surface area contributed by atoms with E-state index in [1.807, 2.05) is 13.8 Å². The van der Waals surface area contributed by atoms with Crippen molar-refractivity contribution in [3.63, 3.8) is 0 Å². The van der Waals surface area contributed by atoms with Gasteiger partial charge < -0.3 is 10.6 Å². The number of hydrogen-bond donors (Lipinski definition) is 1. The van der Waals surface area contributed by atoms with Crippen LogP contribution in [0.3, 0.4) is 0 Å². The average Bonchev–Trinajstić information content (AvgIpc) is 2.69. The lowest BCUT2D eigenvalue weighted by Gasteiger charge is -2.31. The Balaban J connectivity index is 1.83. The number of halogens is 1. The molecule has 1 saturated heterocycles. The second-order valence-corrected chi connectivity index (χ2v) is 9.11. The minimum atomic E-state index is -0.365. The van der Waals surface area contributed by atoms with Crippen molar-refractivity contribution in [2.45, 2.75) is 38.4 Å². The van der Waals surface area contributed by atoms with Crippen LogP contribution >= 0.6 is 23.4 Å². The molecule has 0 spiro atoms. The number of thioether (sulfide) groups is 1. The van der Waals surface area contributed by atoms with E-state index in [9.17, 15) is 14.4 Å². The molecule has 1 fully saturated rings. The van der Waals surface area contributed by atoms with Gasteiger partial charge in [0.15, 0.2) is 5.16 Å². The number of carbonyl (C=O) groups is 2. The molecule has 0 saturated carbocycles. The molecule has 29 heavy (non-hydrogen) atoms. The molecule has 2 N–H and O–H groups in total. The molecular weight excluding hydrogens is 412 g/mol. The number of rotatable bonds is 6. The summed E-state index contributed by atoms with van der Waals surface area (Å²) >= 11 is 7.29. The predicted molar refractivity (Wildman–Crippen MR) is 115 cm³/mol. The highest BCUT2D eigenvalue weighted by atomic mass is 35.5. The number of nitrogens with zero attached hydrogens (tertiary/aromatic N) is 3. The normalized spacial score (nSPS) is 17.1. The zero-order chi connectivity index (χ0) is 21.1. The van der Waals surface area contributed by atoms with Crippen LogP contribution in [0.4, 0.5) is 0 Å². The molecule has 0 radical (unpaired) electrons. The number of hydrogen-bond acceptors (Lipinski definition) is 5. The molecule has 2 aromatic rings. The Kier molecular flexibility index (Phi) is 6.85. The number of aromatic nitrogens is 2. The molecule has 1 unspecified atom stereocenters. The van der Waals surface area contributed by atoms with Gasteiger partial charge >= 0.3 is 0 Å². The number of nitrogens with two attached hydrogens (primary N) is 1. The van der Waals surface area contributed by atoms with Crippen LogP contribution in [0, 0.1) is 11.8 Å². The molecule has 1 aliphatic heterocycles. The van der Waals surface area contributed by atoms with E-state index in [-0.39, 0.29) is 35.0 Å². The Labute approximate surface area is 178 Å². The van der Waals surface area contributed by atoms with Crippen molar-refractivity contribution >= 4 is 46.1 Å². The minimum Gasteiger partial charge on any atom is -0.369 e. The van der Waals surface area contributed by atoms with E-state index in [4.69, 9.17) is 17.3 Å². The van der Waals surface area contributed by atoms with Crippen LogP contribution in [-0.4, -0.2) is 45.1 Å².